The summed E-state index contributed by atoms with van der Waals surface area (Å²) in [5, 5.41) is 13.8. The maximum atomic E-state index is 9.25. The van der Waals surface area contributed by atoms with Crippen LogP contribution in [0.5, 0.6) is 0 Å². The van der Waals surface area contributed by atoms with Gasteiger partial charge in [-0.05, 0) is 18.9 Å². The minimum Gasteiger partial charge on any atom is -0.381 e. The molecule has 1 aliphatic rings. The highest BCUT2D eigenvalue weighted by Gasteiger charge is 2.16. The molecule has 0 saturated carbocycles. The first-order chi connectivity index (χ1) is 9.38. The van der Waals surface area contributed by atoms with Crippen molar-refractivity contribution in [1.82, 2.24) is 4.98 Å². The number of aromatic nitrogens is 1. The van der Waals surface area contributed by atoms with Gasteiger partial charge in [0.15, 0.2) is 0 Å². The molecule has 2 heterocycles. The van der Waals surface area contributed by atoms with Crippen LogP contribution in [0.1, 0.15) is 18.4 Å². The number of nitrogens with one attached hydrogen (secondary N) is 1. The fraction of sp³-hybridized carbons (Fsp3) is 0.333. The SMILES string of the molecule is N#Cc1cnc2ccccc2c1NC1CCOCC1. The van der Waals surface area contributed by atoms with Gasteiger partial charge in [0.2, 0.25) is 0 Å². The number of para-hydroxylation sites is 1. The van der Waals surface area contributed by atoms with Crippen LogP contribution in [0.4, 0.5) is 5.69 Å². The van der Waals surface area contributed by atoms with E-state index in [0.29, 0.717) is 11.6 Å². The Kier molecular flexibility index (Phi) is 3.30. The molecule has 1 saturated heterocycles. The molecular formula is C15H15N3O. The Morgan fingerprint density at radius 1 is 1.26 bits per heavy atom. The van der Waals surface area contributed by atoms with Crippen LogP contribution in [-0.4, -0.2) is 24.2 Å². The van der Waals surface area contributed by atoms with Gasteiger partial charge < -0.3 is 10.1 Å². The number of pyridine rings is 1. The number of anilines is 1. The maximum Gasteiger partial charge on any atom is 0.103 e. The van der Waals surface area contributed by atoms with E-state index in [-0.39, 0.29) is 0 Å². The van der Waals surface area contributed by atoms with Crippen LogP contribution in [0.15, 0.2) is 30.5 Å². The number of hydrogen-bond donors (Lipinski definition) is 1. The Labute approximate surface area is 112 Å². The molecule has 1 aromatic heterocycles. The topological polar surface area (TPSA) is 57.9 Å². The molecular weight excluding hydrogens is 238 g/mol. The first-order valence-electron chi connectivity index (χ1n) is 6.50. The number of ether oxygens (including phenoxy) is 1. The predicted molar refractivity (Wildman–Crippen MR) is 73.9 cm³/mol. The van der Waals surface area contributed by atoms with Crippen LogP contribution in [0.3, 0.4) is 0 Å². The highest BCUT2D eigenvalue weighted by Crippen LogP contribution is 2.27. The van der Waals surface area contributed by atoms with Crippen LogP contribution in [0.2, 0.25) is 0 Å². The van der Waals surface area contributed by atoms with E-state index in [1.165, 1.54) is 0 Å². The standard InChI is InChI=1S/C15H15N3O/c16-9-11-10-17-14-4-2-1-3-13(14)15(11)18-12-5-7-19-8-6-12/h1-4,10,12H,5-8H2,(H,17,18). The van der Waals surface area contributed by atoms with Crippen LogP contribution in [0.25, 0.3) is 10.9 Å². The number of hydrogen-bond acceptors (Lipinski definition) is 4. The quantitative estimate of drug-likeness (QED) is 0.894. The molecule has 4 nitrogen and oxygen atoms in total. The monoisotopic (exact) mass is 253 g/mol. The minimum absolute atomic E-state index is 0.367. The van der Waals surface area contributed by atoms with Gasteiger partial charge >= 0.3 is 0 Å². The largest absolute Gasteiger partial charge is 0.381 e. The Morgan fingerprint density at radius 3 is 2.84 bits per heavy atom. The predicted octanol–water partition coefficient (Wildman–Crippen LogP) is 2.70. The molecule has 1 aliphatic heterocycles. The average molecular weight is 253 g/mol. The molecule has 0 amide bonds. The van der Waals surface area contributed by atoms with Crippen LogP contribution in [-0.2, 0) is 4.74 Å². The number of benzene rings is 1. The van der Waals surface area contributed by atoms with E-state index in [4.69, 9.17) is 4.74 Å². The van der Waals surface area contributed by atoms with Crippen molar-refractivity contribution in [2.24, 2.45) is 0 Å². The summed E-state index contributed by atoms with van der Waals surface area (Å²) in [4.78, 5) is 4.32. The number of nitrogens with zero attached hydrogens (tertiary/aromatic N) is 2. The third-order valence-corrected chi connectivity index (χ3v) is 3.47. The van der Waals surface area contributed by atoms with E-state index in [1.807, 2.05) is 24.3 Å². The van der Waals surface area contributed by atoms with Crippen molar-refractivity contribution in [3.63, 3.8) is 0 Å². The second kappa shape index (κ2) is 5.25. The zero-order valence-electron chi connectivity index (χ0n) is 10.6. The lowest BCUT2D eigenvalue weighted by Gasteiger charge is -2.25. The average Bonchev–Trinajstić information content (AvgIpc) is 2.49. The third-order valence-electron chi connectivity index (χ3n) is 3.47. The second-order valence-electron chi connectivity index (χ2n) is 4.71. The fourth-order valence-electron chi connectivity index (χ4n) is 2.43. The highest BCUT2D eigenvalue weighted by atomic mass is 16.5. The molecule has 1 fully saturated rings. The van der Waals surface area contributed by atoms with Gasteiger partial charge in [-0.15, -0.1) is 0 Å². The van der Waals surface area contributed by atoms with Crippen molar-refractivity contribution in [3.8, 4) is 6.07 Å². The first-order valence-corrected chi connectivity index (χ1v) is 6.50. The maximum absolute atomic E-state index is 9.25. The van der Waals surface area contributed by atoms with Gasteiger partial charge in [-0.25, -0.2) is 0 Å². The normalized spacial score (nSPS) is 16.2. The van der Waals surface area contributed by atoms with Crippen molar-refractivity contribution >= 4 is 16.6 Å². The van der Waals surface area contributed by atoms with Crippen molar-refractivity contribution in [2.75, 3.05) is 18.5 Å². The second-order valence-corrected chi connectivity index (χ2v) is 4.71. The fourth-order valence-corrected chi connectivity index (χ4v) is 2.43. The minimum atomic E-state index is 0.367. The molecule has 0 unspecified atom stereocenters. The van der Waals surface area contributed by atoms with E-state index >= 15 is 0 Å². The van der Waals surface area contributed by atoms with E-state index in [1.54, 1.807) is 6.20 Å². The van der Waals surface area contributed by atoms with Crippen LogP contribution >= 0.6 is 0 Å². The van der Waals surface area contributed by atoms with Crippen molar-refractivity contribution in [2.45, 2.75) is 18.9 Å². The lowest BCUT2D eigenvalue weighted by Crippen LogP contribution is -2.28. The lowest BCUT2D eigenvalue weighted by atomic mass is 10.1. The molecule has 0 aliphatic carbocycles. The van der Waals surface area contributed by atoms with Gasteiger partial charge in [0, 0.05) is 30.8 Å². The summed E-state index contributed by atoms with van der Waals surface area (Å²) in [5.41, 5.74) is 2.42. The number of fused-ring (bicyclic) bond motifs is 1. The van der Waals surface area contributed by atoms with Gasteiger partial charge in [-0.3, -0.25) is 4.98 Å². The van der Waals surface area contributed by atoms with E-state index < -0.39 is 0 Å². The molecule has 19 heavy (non-hydrogen) atoms. The molecule has 0 atom stereocenters. The summed E-state index contributed by atoms with van der Waals surface area (Å²) in [5.74, 6) is 0. The molecule has 4 heteroatoms. The first kappa shape index (κ1) is 11.9. The molecule has 3 rings (SSSR count). The summed E-state index contributed by atoms with van der Waals surface area (Å²) in [6.45, 7) is 1.56. The molecule has 1 aromatic carbocycles. The van der Waals surface area contributed by atoms with Crippen molar-refractivity contribution in [3.05, 3.63) is 36.0 Å². The molecule has 0 spiro atoms. The van der Waals surface area contributed by atoms with Crippen LogP contribution < -0.4 is 5.32 Å². The van der Waals surface area contributed by atoms with Gasteiger partial charge in [-0.2, -0.15) is 5.26 Å². The van der Waals surface area contributed by atoms with Gasteiger partial charge in [0.05, 0.1) is 16.8 Å². The van der Waals surface area contributed by atoms with Gasteiger partial charge in [0.25, 0.3) is 0 Å². The summed E-state index contributed by atoms with van der Waals surface area (Å²) in [6, 6.07) is 10.5. The Bertz CT molecular complexity index is 627. The Hall–Kier alpha value is -2.12. The molecule has 2 aromatic rings. The summed E-state index contributed by atoms with van der Waals surface area (Å²) < 4.78 is 5.36. The van der Waals surface area contributed by atoms with Crippen LogP contribution in [0, 0.1) is 11.3 Å². The zero-order chi connectivity index (χ0) is 13.1. The molecule has 96 valence electrons. The number of rotatable bonds is 2. The zero-order valence-corrected chi connectivity index (χ0v) is 10.6. The van der Waals surface area contributed by atoms with E-state index in [0.717, 1.165) is 42.6 Å². The Balaban J connectivity index is 2.02. The molecule has 0 bridgehead atoms. The highest BCUT2D eigenvalue weighted by molar-refractivity contribution is 5.93. The van der Waals surface area contributed by atoms with E-state index in [2.05, 4.69) is 16.4 Å². The summed E-state index contributed by atoms with van der Waals surface area (Å²) in [7, 11) is 0. The summed E-state index contributed by atoms with van der Waals surface area (Å²) in [6.07, 6.45) is 3.59. The smallest absolute Gasteiger partial charge is 0.103 e. The molecule has 0 radical (unpaired) electrons. The number of nitriles is 1. The Morgan fingerprint density at radius 2 is 2.05 bits per heavy atom. The van der Waals surface area contributed by atoms with E-state index in [9.17, 15) is 5.26 Å². The van der Waals surface area contributed by atoms with Gasteiger partial charge in [-0.1, -0.05) is 18.2 Å². The van der Waals surface area contributed by atoms with Crippen molar-refractivity contribution < 1.29 is 4.74 Å². The van der Waals surface area contributed by atoms with Crippen molar-refractivity contribution in [1.29, 1.82) is 5.26 Å². The summed E-state index contributed by atoms with van der Waals surface area (Å²) >= 11 is 0. The van der Waals surface area contributed by atoms with Gasteiger partial charge in [0.1, 0.15) is 6.07 Å². The molecule has 1 N–H and O–H groups in total. The third kappa shape index (κ3) is 2.38. The lowest BCUT2D eigenvalue weighted by molar-refractivity contribution is 0.0905.